The molecule has 0 unspecified atom stereocenters. The Kier molecular flexibility index (Phi) is 10.1. The SMILES string of the molecule is CCCCC[C@H]1CC[C@H]([C@H]2CC[C@H](COc3ccc(C(=O)Oc4cc(F)c(C#N)c(F)c4)cc3)CC2)CC1. The van der Waals surface area contributed by atoms with Crippen LogP contribution in [0.25, 0.3) is 0 Å². The molecular formula is C32H39F2NO3. The third-order valence-corrected chi connectivity index (χ3v) is 8.58. The number of nitriles is 1. The molecule has 0 amide bonds. The fourth-order valence-electron chi connectivity index (χ4n) is 6.24. The quantitative estimate of drug-likeness (QED) is 0.178. The van der Waals surface area contributed by atoms with Gasteiger partial charge >= 0.3 is 5.97 Å². The number of hydrogen-bond acceptors (Lipinski definition) is 4. The van der Waals surface area contributed by atoms with Gasteiger partial charge in [0.25, 0.3) is 0 Å². The molecule has 4 rings (SSSR count). The van der Waals surface area contributed by atoms with E-state index in [2.05, 4.69) is 6.92 Å². The number of nitrogens with zero attached hydrogens (tertiary/aromatic N) is 1. The first-order chi connectivity index (χ1) is 18.5. The van der Waals surface area contributed by atoms with Gasteiger partial charge in [0.05, 0.1) is 12.2 Å². The van der Waals surface area contributed by atoms with Gasteiger partial charge in [0.1, 0.15) is 34.8 Å². The van der Waals surface area contributed by atoms with E-state index in [9.17, 15) is 13.6 Å². The number of carbonyl (C=O) groups excluding carboxylic acids is 1. The molecule has 0 saturated heterocycles. The van der Waals surface area contributed by atoms with E-state index in [1.54, 1.807) is 24.3 Å². The van der Waals surface area contributed by atoms with Crippen LogP contribution in [0, 0.1) is 46.6 Å². The van der Waals surface area contributed by atoms with Gasteiger partial charge in [0.2, 0.25) is 0 Å². The Labute approximate surface area is 225 Å². The zero-order chi connectivity index (χ0) is 26.9. The monoisotopic (exact) mass is 523 g/mol. The number of esters is 1. The molecule has 2 saturated carbocycles. The standard InChI is InChI=1S/C32H39F2NO3/c1-2-3-4-5-22-6-10-24(11-7-22)25-12-8-23(9-13-25)21-37-27-16-14-26(15-17-27)32(36)38-28-18-30(33)29(20-35)31(34)19-28/h14-19,22-25H,2-13,21H2,1H3/t22-,23-,24-,25-. The summed E-state index contributed by atoms with van der Waals surface area (Å²) >= 11 is 0. The van der Waals surface area contributed by atoms with Gasteiger partial charge in [0.15, 0.2) is 0 Å². The van der Waals surface area contributed by atoms with Crippen LogP contribution in [0.4, 0.5) is 8.78 Å². The highest BCUT2D eigenvalue weighted by Crippen LogP contribution is 2.42. The van der Waals surface area contributed by atoms with Gasteiger partial charge in [-0.2, -0.15) is 5.26 Å². The predicted octanol–water partition coefficient (Wildman–Crippen LogP) is 8.63. The molecule has 0 radical (unpaired) electrons. The van der Waals surface area contributed by atoms with Crippen molar-refractivity contribution < 1.29 is 23.0 Å². The zero-order valence-corrected chi connectivity index (χ0v) is 22.4. The van der Waals surface area contributed by atoms with E-state index in [-0.39, 0.29) is 11.3 Å². The summed E-state index contributed by atoms with van der Waals surface area (Å²) in [4.78, 5) is 12.4. The van der Waals surface area contributed by atoms with Gasteiger partial charge in [-0.3, -0.25) is 0 Å². The molecule has 2 aliphatic rings. The van der Waals surface area contributed by atoms with E-state index in [0.29, 0.717) is 18.3 Å². The minimum Gasteiger partial charge on any atom is -0.493 e. The summed E-state index contributed by atoms with van der Waals surface area (Å²) in [7, 11) is 0. The Morgan fingerprint density at radius 3 is 2.00 bits per heavy atom. The van der Waals surface area contributed by atoms with Crippen LogP contribution in [0.15, 0.2) is 36.4 Å². The molecule has 2 fully saturated rings. The number of ether oxygens (including phenoxy) is 2. The second-order valence-electron chi connectivity index (χ2n) is 11.2. The highest BCUT2D eigenvalue weighted by Gasteiger charge is 2.31. The predicted molar refractivity (Wildman–Crippen MR) is 143 cm³/mol. The summed E-state index contributed by atoms with van der Waals surface area (Å²) in [5, 5.41) is 8.75. The Hall–Kier alpha value is -2.94. The van der Waals surface area contributed by atoms with E-state index in [0.717, 1.165) is 29.9 Å². The Morgan fingerprint density at radius 1 is 0.868 bits per heavy atom. The second kappa shape index (κ2) is 13.7. The van der Waals surface area contributed by atoms with Gasteiger partial charge in [-0.1, -0.05) is 45.4 Å². The van der Waals surface area contributed by atoms with Crippen molar-refractivity contribution in [2.24, 2.45) is 23.7 Å². The summed E-state index contributed by atoms with van der Waals surface area (Å²) in [6, 6.07) is 9.65. The van der Waals surface area contributed by atoms with Gasteiger partial charge in [-0.15, -0.1) is 0 Å². The largest absolute Gasteiger partial charge is 0.493 e. The van der Waals surface area contributed by atoms with Crippen LogP contribution in [-0.2, 0) is 0 Å². The van der Waals surface area contributed by atoms with Crippen molar-refractivity contribution in [1.29, 1.82) is 5.26 Å². The molecular weight excluding hydrogens is 484 g/mol. The number of halogens is 2. The number of hydrogen-bond donors (Lipinski definition) is 0. The van der Waals surface area contributed by atoms with Crippen LogP contribution in [0.2, 0.25) is 0 Å². The van der Waals surface area contributed by atoms with Crippen molar-refractivity contribution in [3.05, 3.63) is 59.2 Å². The summed E-state index contributed by atoms with van der Waals surface area (Å²) in [5.74, 6) is 0.834. The molecule has 6 heteroatoms. The van der Waals surface area contributed by atoms with Crippen molar-refractivity contribution in [2.75, 3.05) is 6.61 Å². The molecule has 2 aliphatic carbocycles. The van der Waals surface area contributed by atoms with E-state index in [1.807, 2.05) is 0 Å². The van der Waals surface area contributed by atoms with Crippen LogP contribution in [0.5, 0.6) is 11.5 Å². The molecule has 0 aromatic heterocycles. The van der Waals surface area contributed by atoms with Crippen LogP contribution in [0.3, 0.4) is 0 Å². The highest BCUT2D eigenvalue weighted by atomic mass is 19.1. The topological polar surface area (TPSA) is 59.3 Å². The molecule has 204 valence electrons. The Balaban J connectivity index is 1.17. The lowest BCUT2D eigenvalue weighted by atomic mass is 9.69. The van der Waals surface area contributed by atoms with Gasteiger partial charge < -0.3 is 9.47 Å². The normalized spacial score (nSPS) is 23.4. The summed E-state index contributed by atoms with van der Waals surface area (Å²) in [6.07, 6.45) is 16.3. The maximum atomic E-state index is 13.8. The van der Waals surface area contributed by atoms with Crippen LogP contribution < -0.4 is 9.47 Å². The molecule has 4 nitrogen and oxygen atoms in total. The fourth-order valence-corrected chi connectivity index (χ4v) is 6.24. The first-order valence-corrected chi connectivity index (χ1v) is 14.3. The van der Waals surface area contributed by atoms with Crippen molar-refractivity contribution >= 4 is 5.97 Å². The van der Waals surface area contributed by atoms with Crippen LogP contribution >= 0.6 is 0 Å². The van der Waals surface area contributed by atoms with Gasteiger partial charge in [-0.05, 0) is 86.5 Å². The van der Waals surface area contributed by atoms with Crippen molar-refractivity contribution in [2.45, 2.75) is 84.0 Å². The van der Waals surface area contributed by atoms with E-state index >= 15 is 0 Å². The van der Waals surface area contributed by atoms with Crippen molar-refractivity contribution in [1.82, 2.24) is 0 Å². The smallest absolute Gasteiger partial charge is 0.343 e. The molecule has 38 heavy (non-hydrogen) atoms. The average Bonchev–Trinajstić information content (AvgIpc) is 2.93. The van der Waals surface area contributed by atoms with Crippen LogP contribution in [-0.4, -0.2) is 12.6 Å². The second-order valence-corrected chi connectivity index (χ2v) is 11.2. The lowest BCUT2D eigenvalue weighted by molar-refractivity contribution is 0.0734. The lowest BCUT2D eigenvalue weighted by Crippen LogP contribution is -2.27. The molecule has 0 atom stereocenters. The fraction of sp³-hybridized carbons (Fsp3) is 0.562. The minimum atomic E-state index is -1.07. The maximum absolute atomic E-state index is 13.8. The summed E-state index contributed by atoms with van der Waals surface area (Å²) in [5.41, 5.74) is -0.469. The van der Waals surface area contributed by atoms with Gasteiger partial charge in [-0.25, -0.2) is 13.6 Å². The first kappa shape index (κ1) is 28.1. The molecule has 2 aromatic rings. The highest BCUT2D eigenvalue weighted by molar-refractivity contribution is 5.91. The van der Waals surface area contributed by atoms with Crippen molar-refractivity contribution in [3.63, 3.8) is 0 Å². The number of carbonyl (C=O) groups is 1. The third-order valence-electron chi connectivity index (χ3n) is 8.58. The maximum Gasteiger partial charge on any atom is 0.343 e. The Morgan fingerprint density at radius 2 is 1.45 bits per heavy atom. The molecule has 0 aliphatic heterocycles. The van der Waals surface area contributed by atoms with E-state index < -0.39 is 23.2 Å². The number of benzene rings is 2. The van der Waals surface area contributed by atoms with E-state index in [1.165, 1.54) is 83.1 Å². The van der Waals surface area contributed by atoms with E-state index in [4.69, 9.17) is 14.7 Å². The average molecular weight is 524 g/mol. The summed E-state index contributed by atoms with van der Waals surface area (Å²) in [6.45, 7) is 2.95. The van der Waals surface area contributed by atoms with Crippen molar-refractivity contribution in [3.8, 4) is 17.6 Å². The molecule has 0 heterocycles. The first-order valence-electron chi connectivity index (χ1n) is 14.3. The number of rotatable bonds is 10. The number of unbranched alkanes of at least 4 members (excludes halogenated alkanes) is 2. The minimum absolute atomic E-state index is 0.239. The molecule has 0 N–H and O–H groups in total. The van der Waals surface area contributed by atoms with Gasteiger partial charge in [0, 0.05) is 12.1 Å². The van der Waals surface area contributed by atoms with Crippen LogP contribution in [0.1, 0.15) is 99.9 Å². The molecule has 0 bridgehead atoms. The molecule has 2 aromatic carbocycles. The third kappa shape index (κ3) is 7.56. The zero-order valence-electron chi connectivity index (χ0n) is 22.4. The molecule has 0 spiro atoms. The Bertz CT molecular complexity index is 1070. The lowest BCUT2D eigenvalue weighted by Gasteiger charge is -2.38. The summed E-state index contributed by atoms with van der Waals surface area (Å²) < 4.78 is 38.6.